The van der Waals surface area contributed by atoms with Crippen LogP contribution in [0.2, 0.25) is 5.02 Å². The summed E-state index contributed by atoms with van der Waals surface area (Å²) < 4.78 is 6.39. The van der Waals surface area contributed by atoms with Crippen LogP contribution >= 0.6 is 22.9 Å². The molecule has 2 aromatic heterocycles. The molecule has 28 heavy (non-hydrogen) atoms. The molecule has 142 valence electrons. The summed E-state index contributed by atoms with van der Waals surface area (Å²) in [5.41, 5.74) is 1.49. The highest BCUT2D eigenvalue weighted by Crippen LogP contribution is 2.39. The number of thiophene rings is 1. The van der Waals surface area contributed by atoms with Crippen LogP contribution in [0.1, 0.15) is 23.1 Å². The van der Waals surface area contributed by atoms with Crippen LogP contribution in [0.15, 0.2) is 36.0 Å². The largest absolute Gasteiger partial charge is 0.462 e. The number of halogens is 1. The summed E-state index contributed by atoms with van der Waals surface area (Å²) >= 11 is 7.46. The van der Waals surface area contributed by atoms with Crippen molar-refractivity contribution >= 4 is 39.8 Å². The normalized spacial score (nSPS) is 10.3. The Hall–Kier alpha value is -3.22. The number of benzene rings is 1. The minimum absolute atomic E-state index is 0.0304. The van der Waals surface area contributed by atoms with Crippen molar-refractivity contribution in [1.29, 1.82) is 5.26 Å². The number of nitrogens with zero attached hydrogens (tertiary/aromatic N) is 4. The molecule has 0 spiro atoms. The summed E-state index contributed by atoms with van der Waals surface area (Å²) in [7, 11) is 0. The maximum atomic E-state index is 12.5. The fraction of sp³-hybridized carbons (Fsp3) is 0.167. The van der Waals surface area contributed by atoms with Gasteiger partial charge in [0, 0.05) is 21.5 Å². The van der Waals surface area contributed by atoms with Crippen LogP contribution in [0.3, 0.4) is 0 Å². The van der Waals surface area contributed by atoms with Crippen molar-refractivity contribution in [3.63, 3.8) is 0 Å². The minimum Gasteiger partial charge on any atom is -0.462 e. The van der Waals surface area contributed by atoms with Gasteiger partial charge in [-0.2, -0.15) is 5.26 Å². The van der Waals surface area contributed by atoms with Gasteiger partial charge in [0.2, 0.25) is 5.91 Å². The number of hydrogen-bond acceptors (Lipinski definition) is 7. The van der Waals surface area contributed by atoms with Gasteiger partial charge in [-0.15, -0.1) is 16.4 Å². The first-order valence-corrected chi connectivity index (χ1v) is 9.42. The standard InChI is InChI=1S/C18H14ClN5O3S/c1-2-27-18(26)16-12(11-5-3-4-6-13(11)19)9-28-17(16)22-15(25)8-24-10-21-14(7-20)23-24/h3-6,9-10H,2,8H2,1H3,(H,22,25). The van der Waals surface area contributed by atoms with Crippen molar-refractivity contribution in [2.24, 2.45) is 0 Å². The molecule has 0 saturated carbocycles. The topological polar surface area (TPSA) is 110 Å². The molecule has 0 fully saturated rings. The minimum atomic E-state index is -0.554. The number of hydrogen-bond donors (Lipinski definition) is 1. The van der Waals surface area contributed by atoms with Crippen molar-refractivity contribution in [2.75, 3.05) is 11.9 Å². The van der Waals surface area contributed by atoms with Crippen molar-refractivity contribution in [1.82, 2.24) is 14.8 Å². The van der Waals surface area contributed by atoms with Gasteiger partial charge in [-0.3, -0.25) is 4.79 Å². The van der Waals surface area contributed by atoms with Crippen LogP contribution < -0.4 is 5.32 Å². The van der Waals surface area contributed by atoms with Gasteiger partial charge < -0.3 is 10.1 Å². The first kappa shape index (κ1) is 19.5. The maximum absolute atomic E-state index is 12.5. The summed E-state index contributed by atoms with van der Waals surface area (Å²) in [5.74, 6) is -1.01. The molecule has 3 aromatic rings. The highest BCUT2D eigenvalue weighted by molar-refractivity contribution is 7.15. The number of esters is 1. The molecule has 10 heteroatoms. The fourth-order valence-electron chi connectivity index (χ4n) is 2.47. The Bertz CT molecular complexity index is 1070. The van der Waals surface area contributed by atoms with E-state index in [1.807, 2.05) is 6.07 Å². The molecule has 8 nitrogen and oxygen atoms in total. The lowest BCUT2D eigenvalue weighted by molar-refractivity contribution is -0.116. The van der Waals surface area contributed by atoms with Crippen molar-refractivity contribution in [3.05, 3.63) is 52.4 Å². The van der Waals surface area contributed by atoms with Crippen molar-refractivity contribution in [2.45, 2.75) is 13.5 Å². The van der Waals surface area contributed by atoms with E-state index in [2.05, 4.69) is 15.4 Å². The van der Waals surface area contributed by atoms with Crippen molar-refractivity contribution < 1.29 is 14.3 Å². The lowest BCUT2D eigenvalue weighted by atomic mass is 10.0. The van der Waals surface area contributed by atoms with Crippen molar-refractivity contribution in [3.8, 4) is 17.2 Å². The first-order valence-electron chi connectivity index (χ1n) is 8.16. The molecule has 0 bridgehead atoms. The smallest absolute Gasteiger partial charge is 0.341 e. The quantitative estimate of drug-likeness (QED) is 0.618. The highest BCUT2D eigenvalue weighted by atomic mass is 35.5. The monoisotopic (exact) mass is 415 g/mol. The molecule has 1 N–H and O–H groups in total. The predicted molar refractivity (Wildman–Crippen MR) is 104 cm³/mol. The van der Waals surface area contributed by atoms with Crippen LogP contribution in [-0.4, -0.2) is 33.2 Å². The Labute approximate surface area is 169 Å². The zero-order chi connectivity index (χ0) is 20.1. The number of carbonyl (C=O) groups is 2. The molecule has 0 atom stereocenters. The van der Waals surface area contributed by atoms with E-state index in [0.717, 1.165) is 0 Å². The molecule has 0 unspecified atom stereocenters. The molecular weight excluding hydrogens is 402 g/mol. The van der Waals surface area contributed by atoms with E-state index in [-0.39, 0.29) is 24.5 Å². The Morgan fingerprint density at radius 2 is 2.14 bits per heavy atom. The lowest BCUT2D eigenvalue weighted by Gasteiger charge is -2.09. The van der Waals surface area contributed by atoms with E-state index in [9.17, 15) is 9.59 Å². The molecule has 2 heterocycles. The summed E-state index contributed by atoms with van der Waals surface area (Å²) in [4.78, 5) is 28.7. The van der Waals surface area contributed by atoms with Gasteiger partial charge in [0.15, 0.2) is 0 Å². The third kappa shape index (κ3) is 4.19. The number of anilines is 1. The van der Waals surface area contributed by atoms with Gasteiger partial charge in [-0.05, 0) is 13.0 Å². The number of ether oxygens (including phenoxy) is 1. The van der Waals surface area contributed by atoms with Crippen LogP contribution in [0, 0.1) is 11.3 Å². The Balaban J connectivity index is 1.90. The van der Waals surface area contributed by atoms with E-state index in [1.165, 1.54) is 22.3 Å². The molecule has 0 aliphatic rings. The summed E-state index contributed by atoms with van der Waals surface area (Å²) in [6.07, 6.45) is 1.29. The van der Waals surface area contributed by atoms with Gasteiger partial charge >= 0.3 is 5.97 Å². The lowest BCUT2D eigenvalue weighted by Crippen LogP contribution is -2.20. The molecule has 0 radical (unpaired) electrons. The Morgan fingerprint density at radius 1 is 1.36 bits per heavy atom. The fourth-order valence-corrected chi connectivity index (χ4v) is 3.67. The second-order valence-corrected chi connectivity index (χ2v) is 6.77. The highest BCUT2D eigenvalue weighted by Gasteiger charge is 2.24. The van der Waals surface area contributed by atoms with E-state index in [1.54, 1.807) is 36.6 Å². The molecule has 1 aromatic carbocycles. The van der Waals surface area contributed by atoms with Gasteiger partial charge in [-0.25, -0.2) is 14.5 Å². The third-order valence-corrected chi connectivity index (χ3v) is 4.85. The van der Waals surface area contributed by atoms with E-state index in [4.69, 9.17) is 21.6 Å². The number of nitriles is 1. The third-order valence-electron chi connectivity index (χ3n) is 3.63. The second-order valence-electron chi connectivity index (χ2n) is 5.48. The molecule has 0 saturated heterocycles. The van der Waals surface area contributed by atoms with E-state index in [0.29, 0.717) is 21.2 Å². The summed E-state index contributed by atoms with van der Waals surface area (Å²) in [5, 5.41) is 17.9. The zero-order valence-electron chi connectivity index (χ0n) is 14.7. The maximum Gasteiger partial charge on any atom is 0.341 e. The van der Waals surface area contributed by atoms with Gasteiger partial charge in [0.05, 0.1) is 6.61 Å². The Morgan fingerprint density at radius 3 is 2.82 bits per heavy atom. The van der Waals surface area contributed by atoms with Gasteiger partial charge in [-0.1, -0.05) is 29.8 Å². The van der Waals surface area contributed by atoms with E-state index < -0.39 is 11.9 Å². The van der Waals surface area contributed by atoms with Crippen LogP contribution in [0.25, 0.3) is 11.1 Å². The Kier molecular flexibility index (Phi) is 6.03. The SMILES string of the molecule is CCOC(=O)c1c(-c2ccccc2Cl)csc1NC(=O)Cn1cnc(C#N)n1. The predicted octanol–water partition coefficient (Wildman–Crippen LogP) is 3.35. The zero-order valence-corrected chi connectivity index (χ0v) is 16.3. The van der Waals surface area contributed by atoms with Crippen LogP contribution in [-0.2, 0) is 16.1 Å². The second kappa shape index (κ2) is 8.65. The van der Waals surface area contributed by atoms with E-state index >= 15 is 0 Å². The summed E-state index contributed by atoms with van der Waals surface area (Å²) in [6, 6.07) is 8.90. The van der Waals surface area contributed by atoms with Crippen LogP contribution in [0.4, 0.5) is 5.00 Å². The number of amides is 1. The number of nitrogens with one attached hydrogen (secondary N) is 1. The number of carbonyl (C=O) groups excluding carboxylic acids is 2. The first-order chi connectivity index (χ1) is 13.5. The molecule has 0 aliphatic heterocycles. The molecule has 0 aliphatic carbocycles. The number of rotatable bonds is 6. The summed E-state index contributed by atoms with van der Waals surface area (Å²) in [6.45, 7) is 1.74. The van der Waals surface area contributed by atoms with Gasteiger partial charge in [0.25, 0.3) is 5.82 Å². The molecular formula is C18H14ClN5O3S. The average molecular weight is 416 g/mol. The number of aromatic nitrogens is 3. The van der Waals surface area contributed by atoms with Crippen LogP contribution in [0.5, 0.6) is 0 Å². The average Bonchev–Trinajstić information content (AvgIpc) is 3.29. The van der Waals surface area contributed by atoms with Gasteiger partial charge in [0.1, 0.15) is 29.5 Å². The molecule has 1 amide bonds. The molecule has 3 rings (SSSR count).